The summed E-state index contributed by atoms with van der Waals surface area (Å²) in [5.41, 5.74) is -1.01. The number of nitrogens with one attached hydrogen (secondary N) is 1. The molecule has 1 saturated carbocycles. The van der Waals surface area contributed by atoms with Gasteiger partial charge in [0, 0.05) is 6.54 Å². The van der Waals surface area contributed by atoms with Gasteiger partial charge < -0.3 is 4.90 Å². The molecule has 116 valence electrons. The van der Waals surface area contributed by atoms with Crippen LogP contribution in [0.5, 0.6) is 0 Å². The molecule has 0 aromatic heterocycles. The summed E-state index contributed by atoms with van der Waals surface area (Å²) in [7, 11) is 0. The normalized spacial score (nSPS) is 29.6. The Morgan fingerprint density at radius 2 is 2.00 bits per heavy atom. The zero-order valence-electron chi connectivity index (χ0n) is 13.2. The van der Waals surface area contributed by atoms with Gasteiger partial charge in [0.2, 0.25) is 0 Å². The minimum atomic E-state index is -0.625. The molecule has 1 spiro atoms. The Kier molecular flexibility index (Phi) is 4.27. The molecule has 3 amide bonds. The summed E-state index contributed by atoms with van der Waals surface area (Å²) in [5.74, 6) is 0.498. The van der Waals surface area contributed by atoms with Crippen molar-refractivity contribution in [2.45, 2.75) is 64.8 Å². The van der Waals surface area contributed by atoms with Crippen LogP contribution in [0.3, 0.4) is 0 Å². The van der Waals surface area contributed by atoms with Crippen molar-refractivity contribution in [1.82, 2.24) is 10.2 Å². The van der Waals surface area contributed by atoms with Gasteiger partial charge in [0.05, 0.1) is 11.5 Å². The smallest absolute Gasteiger partial charge is 0.310 e. The maximum Gasteiger partial charge on any atom is 0.325 e. The lowest BCUT2D eigenvalue weighted by Gasteiger charge is -2.40. The lowest BCUT2D eigenvalue weighted by Crippen LogP contribution is -2.52. The molecular weight excluding hydrogens is 266 g/mol. The molecule has 21 heavy (non-hydrogen) atoms. The fourth-order valence-corrected chi connectivity index (χ4v) is 3.39. The molecule has 0 atom stereocenters. The molecular formula is C16H25N3O2. The highest BCUT2D eigenvalue weighted by atomic mass is 16.2. The van der Waals surface area contributed by atoms with E-state index in [1.807, 2.05) is 13.8 Å². The van der Waals surface area contributed by atoms with E-state index < -0.39 is 5.54 Å². The first-order valence-corrected chi connectivity index (χ1v) is 7.85. The van der Waals surface area contributed by atoms with E-state index in [-0.39, 0.29) is 17.4 Å². The van der Waals surface area contributed by atoms with Crippen LogP contribution in [0.25, 0.3) is 0 Å². The van der Waals surface area contributed by atoms with Gasteiger partial charge in [-0.05, 0) is 58.3 Å². The second-order valence-electron chi connectivity index (χ2n) is 7.22. The highest BCUT2D eigenvalue weighted by Crippen LogP contribution is 2.39. The summed E-state index contributed by atoms with van der Waals surface area (Å²) in [6, 6.07) is 2.02. The molecule has 1 saturated heterocycles. The van der Waals surface area contributed by atoms with Crippen molar-refractivity contribution in [3.63, 3.8) is 0 Å². The summed E-state index contributed by atoms with van der Waals surface area (Å²) in [4.78, 5) is 26.1. The van der Waals surface area contributed by atoms with Gasteiger partial charge in [-0.1, -0.05) is 6.92 Å². The van der Waals surface area contributed by atoms with Gasteiger partial charge in [0.25, 0.3) is 5.91 Å². The van der Waals surface area contributed by atoms with Crippen LogP contribution in [-0.4, -0.2) is 28.9 Å². The van der Waals surface area contributed by atoms with Crippen LogP contribution in [0.15, 0.2) is 0 Å². The molecule has 0 aromatic rings. The van der Waals surface area contributed by atoms with E-state index in [0.717, 1.165) is 38.5 Å². The van der Waals surface area contributed by atoms with Gasteiger partial charge in [-0.25, -0.2) is 4.79 Å². The molecule has 0 unspecified atom stereocenters. The van der Waals surface area contributed by atoms with Crippen LogP contribution in [0.1, 0.15) is 59.3 Å². The third-order valence-electron chi connectivity index (χ3n) is 4.99. The minimum absolute atomic E-state index is 0.126. The number of carbonyl (C=O) groups excluding carboxylic acids is 2. The van der Waals surface area contributed by atoms with Crippen molar-refractivity contribution >= 4 is 11.9 Å². The van der Waals surface area contributed by atoms with Crippen molar-refractivity contribution in [2.75, 3.05) is 6.54 Å². The fourth-order valence-electron chi connectivity index (χ4n) is 3.39. The molecule has 1 heterocycles. The van der Waals surface area contributed by atoms with Gasteiger partial charge in [-0.15, -0.1) is 0 Å². The van der Waals surface area contributed by atoms with Gasteiger partial charge in [0.1, 0.15) is 5.54 Å². The van der Waals surface area contributed by atoms with Crippen molar-refractivity contribution < 1.29 is 9.59 Å². The Morgan fingerprint density at radius 1 is 1.38 bits per heavy atom. The quantitative estimate of drug-likeness (QED) is 0.809. The van der Waals surface area contributed by atoms with Crippen molar-refractivity contribution in [3.8, 4) is 6.07 Å². The number of rotatable bonds is 4. The number of amides is 3. The summed E-state index contributed by atoms with van der Waals surface area (Å²) in [6.07, 6.45) is 4.97. The lowest BCUT2D eigenvalue weighted by atomic mass is 9.76. The number of carbonyl (C=O) groups is 2. The number of nitriles is 1. The standard InChI is InChI=1S/C16H25N3O2/c1-12-5-8-16(9-6-12)13(20)18-14(21)19(16)10-4-7-15(2,3)11-17/h12H,4-10H2,1-3H3,(H,18,20,21). The largest absolute Gasteiger partial charge is 0.325 e. The van der Waals surface area contributed by atoms with E-state index in [1.54, 1.807) is 4.90 Å². The molecule has 0 aromatic carbocycles. The Bertz CT molecular complexity index is 470. The Balaban J connectivity index is 2.04. The zero-order valence-corrected chi connectivity index (χ0v) is 13.2. The van der Waals surface area contributed by atoms with E-state index in [1.165, 1.54) is 0 Å². The van der Waals surface area contributed by atoms with Crippen LogP contribution in [0.4, 0.5) is 4.79 Å². The molecule has 5 heteroatoms. The zero-order chi connectivity index (χ0) is 15.7. The van der Waals surface area contributed by atoms with Crippen molar-refractivity contribution in [2.24, 2.45) is 11.3 Å². The van der Waals surface area contributed by atoms with Crippen LogP contribution in [0, 0.1) is 22.7 Å². The number of hydrogen-bond donors (Lipinski definition) is 1. The first kappa shape index (κ1) is 15.8. The van der Waals surface area contributed by atoms with Crippen LogP contribution in [0.2, 0.25) is 0 Å². The number of hydrogen-bond acceptors (Lipinski definition) is 3. The van der Waals surface area contributed by atoms with Crippen LogP contribution >= 0.6 is 0 Å². The highest BCUT2D eigenvalue weighted by Gasteiger charge is 2.53. The number of imide groups is 1. The predicted octanol–water partition coefficient (Wildman–Crippen LogP) is 2.82. The van der Waals surface area contributed by atoms with E-state index in [4.69, 9.17) is 5.26 Å². The summed E-state index contributed by atoms with van der Waals surface area (Å²) in [6.45, 7) is 6.55. The summed E-state index contributed by atoms with van der Waals surface area (Å²) >= 11 is 0. The molecule has 2 fully saturated rings. The average molecular weight is 291 g/mol. The van der Waals surface area contributed by atoms with Gasteiger partial charge in [-0.2, -0.15) is 5.26 Å². The second kappa shape index (κ2) is 5.67. The Morgan fingerprint density at radius 3 is 2.57 bits per heavy atom. The molecule has 1 aliphatic carbocycles. The summed E-state index contributed by atoms with van der Waals surface area (Å²) < 4.78 is 0. The molecule has 5 nitrogen and oxygen atoms in total. The molecule has 2 aliphatic rings. The average Bonchev–Trinajstić information content (AvgIpc) is 2.66. The maximum atomic E-state index is 12.3. The summed E-state index contributed by atoms with van der Waals surface area (Å²) in [5, 5.41) is 11.5. The van der Waals surface area contributed by atoms with E-state index in [9.17, 15) is 9.59 Å². The van der Waals surface area contributed by atoms with E-state index in [2.05, 4.69) is 18.3 Å². The van der Waals surface area contributed by atoms with Gasteiger partial charge >= 0.3 is 6.03 Å². The third-order valence-corrected chi connectivity index (χ3v) is 4.99. The van der Waals surface area contributed by atoms with Gasteiger partial charge in [-0.3, -0.25) is 10.1 Å². The molecule has 0 radical (unpaired) electrons. The van der Waals surface area contributed by atoms with E-state index >= 15 is 0 Å². The monoisotopic (exact) mass is 291 g/mol. The third kappa shape index (κ3) is 3.04. The van der Waals surface area contributed by atoms with Crippen LogP contribution < -0.4 is 5.32 Å². The molecule has 0 bridgehead atoms. The second-order valence-corrected chi connectivity index (χ2v) is 7.22. The molecule has 1 aliphatic heterocycles. The topological polar surface area (TPSA) is 73.2 Å². The first-order valence-electron chi connectivity index (χ1n) is 7.85. The Hall–Kier alpha value is -1.57. The first-order chi connectivity index (χ1) is 9.81. The van der Waals surface area contributed by atoms with E-state index in [0.29, 0.717) is 12.5 Å². The molecule has 1 N–H and O–H groups in total. The molecule has 2 rings (SSSR count). The highest BCUT2D eigenvalue weighted by molar-refractivity contribution is 6.07. The maximum absolute atomic E-state index is 12.3. The van der Waals surface area contributed by atoms with Gasteiger partial charge in [0.15, 0.2) is 0 Å². The number of urea groups is 1. The Labute approximate surface area is 126 Å². The number of nitrogens with zero attached hydrogens (tertiary/aromatic N) is 2. The predicted molar refractivity (Wildman–Crippen MR) is 79.2 cm³/mol. The van der Waals surface area contributed by atoms with Crippen molar-refractivity contribution in [1.29, 1.82) is 5.26 Å². The SMILES string of the molecule is CC1CCC2(CC1)C(=O)NC(=O)N2CCCC(C)(C)C#N. The van der Waals surface area contributed by atoms with Crippen molar-refractivity contribution in [3.05, 3.63) is 0 Å². The van der Waals surface area contributed by atoms with Crippen LogP contribution in [-0.2, 0) is 4.79 Å². The fraction of sp³-hybridized carbons (Fsp3) is 0.812. The lowest BCUT2D eigenvalue weighted by molar-refractivity contribution is -0.128. The minimum Gasteiger partial charge on any atom is -0.310 e.